The van der Waals surface area contributed by atoms with Crippen molar-refractivity contribution >= 4 is 25.1 Å². The zero-order valence-corrected chi connectivity index (χ0v) is 14.1. The number of nitrogens with zero attached hydrogens (tertiary/aromatic N) is 1. The molecule has 7 heteroatoms. The number of halogens is 4. The fraction of sp³-hybridized carbons (Fsp3) is 0.235. The van der Waals surface area contributed by atoms with E-state index in [4.69, 9.17) is 0 Å². The molecule has 0 radical (unpaired) electrons. The summed E-state index contributed by atoms with van der Waals surface area (Å²) in [7, 11) is 1.43. The maximum Gasteiger partial charge on any atom is 0.229 e. The van der Waals surface area contributed by atoms with Crippen LogP contribution in [-0.2, 0) is 11.2 Å². The zero-order valence-electron chi connectivity index (χ0n) is 13.1. The molecule has 130 valence electrons. The van der Waals surface area contributed by atoms with Gasteiger partial charge in [-0.3, -0.25) is 4.79 Å². The molecule has 0 saturated carbocycles. The predicted octanol–water partition coefficient (Wildman–Crippen LogP) is 4.20. The first-order chi connectivity index (χ1) is 10.8. The number of hydrogen-bond donors (Lipinski definition) is 0. The van der Waals surface area contributed by atoms with Crippen LogP contribution < -0.4 is 4.90 Å². The third kappa shape index (κ3) is 4.74. The van der Waals surface area contributed by atoms with Gasteiger partial charge in [0.2, 0.25) is 5.91 Å². The molecule has 0 aromatic heterocycles. The average molecular weight is 359 g/mol. The minimum Gasteiger partial charge on any atom is -0.315 e. The molecule has 0 unspecified atom stereocenters. The van der Waals surface area contributed by atoms with E-state index in [2.05, 4.69) is 0 Å². The molecule has 0 heterocycles. The van der Waals surface area contributed by atoms with E-state index in [9.17, 15) is 22.4 Å². The van der Waals surface area contributed by atoms with E-state index in [0.29, 0.717) is 5.56 Å². The van der Waals surface area contributed by atoms with Crippen LogP contribution in [0.15, 0.2) is 36.4 Å². The highest BCUT2D eigenvalue weighted by molar-refractivity contribution is 7.59. The Hall–Kier alpha value is -2.02. The van der Waals surface area contributed by atoms with E-state index in [0.717, 1.165) is 30.3 Å². The van der Waals surface area contributed by atoms with Gasteiger partial charge in [-0.25, -0.2) is 17.6 Å². The Labute approximate surface area is 144 Å². The molecule has 2 aromatic rings. The SMILES string of the molecule is C[C@@H](Cc1cc(F)cc(F)c1)C(=O)N(C)c1ccc(F)c(F)c1.S. The monoisotopic (exact) mass is 359 g/mol. The average Bonchev–Trinajstić information content (AvgIpc) is 2.47. The van der Waals surface area contributed by atoms with Crippen molar-refractivity contribution in [2.45, 2.75) is 13.3 Å². The van der Waals surface area contributed by atoms with Gasteiger partial charge in [-0.15, -0.1) is 0 Å². The smallest absolute Gasteiger partial charge is 0.229 e. The van der Waals surface area contributed by atoms with Crippen molar-refractivity contribution in [3.63, 3.8) is 0 Å². The van der Waals surface area contributed by atoms with Gasteiger partial charge in [-0.05, 0) is 36.2 Å². The third-order valence-electron chi connectivity index (χ3n) is 3.51. The fourth-order valence-electron chi connectivity index (χ4n) is 2.32. The van der Waals surface area contributed by atoms with Crippen LogP contribution >= 0.6 is 13.5 Å². The lowest BCUT2D eigenvalue weighted by atomic mass is 9.99. The maximum atomic E-state index is 13.2. The van der Waals surface area contributed by atoms with Crippen LogP contribution in [0.5, 0.6) is 0 Å². The number of carbonyl (C=O) groups excluding carboxylic acids is 1. The largest absolute Gasteiger partial charge is 0.315 e. The van der Waals surface area contributed by atoms with E-state index < -0.39 is 29.2 Å². The van der Waals surface area contributed by atoms with Gasteiger partial charge in [-0.2, -0.15) is 13.5 Å². The molecule has 0 aliphatic carbocycles. The van der Waals surface area contributed by atoms with E-state index in [1.54, 1.807) is 6.92 Å². The molecule has 2 aromatic carbocycles. The summed E-state index contributed by atoms with van der Waals surface area (Å²) >= 11 is 0. The summed E-state index contributed by atoms with van der Waals surface area (Å²) in [5.74, 6) is -4.45. The Morgan fingerprint density at radius 1 is 1.00 bits per heavy atom. The van der Waals surface area contributed by atoms with Crippen molar-refractivity contribution in [1.82, 2.24) is 0 Å². The lowest BCUT2D eigenvalue weighted by Gasteiger charge is -2.22. The second kappa shape index (κ2) is 8.19. The lowest BCUT2D eigenvalue weighted by molar-refractivity contribution is -0.121. The quantitative estimate of drug-likeness (QED) is 0.750. The van der Waals surface area contributed by atoms with Gasteiger partial charge in [0.15, 0.2) is 11.6 Å². The second-order valence-corrected chi connectivity index (χ2v) is 5.38. The van der Waals surface area contributed by atoms with Crippen molar-refractivity contribution in [1.29, 1.82) is 0 Å². The summed E-state index contributed by atoms with van der Waals surface area (Å²) in [6.45, 7) is 1.60. The Balaban J connectivity index is 0.00000288. The summed E-state index contributed by atoms with van der Waals surface area (Å²) in [5.41, 5.74) is 0.549. The van der Waals surface area contributed by atoms with Crippen molar-refractivity contribution in [3.05, 3.63) is 65.2 Å². The first kappa shape index (κ1) is 20.0. The lowest BCUT2D eigenvalue weighted by Crippen LogP contribution is -2.32. The Morgan fingerprint density at radius 2 is 1.58 bits per heavy atom. The highest BCUT2D eigenvalue weighted by atomic mass is 32.1. The molecule has 0 bridgehead atoms. The van der Waals surface area contributed by atoms with Crippen LogP contribution in [0.1, 0.15) is 12.5 Å². The number of rotatable bonds is 4. The van der Waals surface area contributed by atoms with Gasteiger partial charge in [0.05, 0.1) is 0 Å². The van der Waals surface area contributed by atoms with E-state index in [-0.39, 0.29) is 31.5 Å². The Kier molecular flexibility index (Phi) is 6.83. The van der Waals surface area contributed by atoms with Crippen molar-refractivity contribution in [2.75, 3.05) is 11.9 Å². The molecule has 2 rings (SSSR count). The van der Waals surface area contributed by atoms with Gasteiger partial charge in [-0.1, -0.05) is 6.92 Å². The van der Waals surface area contributed by atoms with Gasteiger partial charge in [0.25, 0.3) is 0 Å². The molecular formula is C17H17F4NOS. The van der Waals surface area contributed by atoms with E-state index in [1.807, 2.05) is 0 Å². The molecular weight excluding hydrogens is 342 g/mol. The molecule has 1 atom stereocenters. The Bertz CT molecular complexity index is 718. The molecule has 1 amide bonds. The summed E-state index contributed by atoms with van der Waals surface area (Å²) in [6.07, 6.45) is 0.127. The predicted molar refractivity (Wildman–Crippen MR) is 89.4 cm³/mol. The van der Waals surface area contributed by atoms with Crippen molar-refractivity contribution < 1.29 is 22.4 Å². The maximum absolute atomic E-state index is 13.2. The van der Waals surface area contributed by atoms with Crippen LogP contribution in [0.25, 0.3) is 0 Å². The molecule has 0 aliphatic rings. The second-order valence-electron chi connectivity index (χ2n) is 5.38. The summed E-state index contributed by atoms with van der Waals surface area (Å²) in [5, 5.41) is 0. The highest BCUT2D eigenvalue weighted by Gasteiger charge is 2.20. The molecule has 0 fully saturated rings. The molecule has 2 nitrogen and oxygen atoms in total. The first-order valence-electron chi connectivity index (χ1n) is 6.95. The topological polar surface area (TPSA) is 20.3 Å². The van der Waals surface area contributed by atoms with Crippen molar-refractivity contribution in [3.8, 4) is 0 Å². The fourth-order valence-corrected chi connectivity index (χ4v) is 2.32. The van der Waals surface area contributed by atoms with Crippen LogP contribution in [0.2, 0.25) is 0 Å². The first-order valence-corrected chi connectivity index (χ1v) is 6.95. The van der Waals surface area contributed by atoms with Crippen LogP contribution in [0.3, 0.4) is 0 Å². The molecule has 0 aliphatic heterocycles. The van der Waals surface area contributed by atoms with Gasteiger partial charge >= 0.3 is 0 Å². The van der Waals surface area contributed by atoms with Crippen LogP contribution in [-0.4, -0.2) is 13.0 Å². The number of anilines is 1. The number of carbonyl (C=O) groups is 1. The standard InChI is InChI=1S/C17H15F4NO.H2S/c1-10(5-11-6-12(18)8-13(19)7-11)17(23)22(2)14-3-4-15(20)16(21)9-14;/h3-4,6-10H,5H2,1-2H3;1H2/t10-;/m0./s1. The molecule has 0 saturated heterocycles. The summed E-state index contributed by atoms with van der Waals surface area (Å²) in [6, 6.07) is 6.20. The van der Waals surface area contributed by atoms with Gasteiger partial charge in [0, 0.05) is 30.8 Å². The van der Waals surface area contributed by atoms with Gasteiger partial charge < -0.3 is 4.90 Å². The Morgan fingerprint density at radius 3 is 2.12 bits per heavy atom. The number of hydrogen-bond acceptors (Lipinski definition) is 1. The van der Waals surface area contributed by atoms with Crippen LogP contribution in [0, 0.1) is 29.2 Å². The van der Waals surface area contributed by atoms with Crippen LogP contribution in [0.4, 0.5) is 23.2 Å². The highest BCUT2D eigenvalue weighted by Crippen LogP contribution is 2.20. The minimum absolute atomic E-state index is 0. The summed E-state index contributed by atoms with van der Waals surface area (Å²) in [4.78, 5) is 13.5. The normalized spacial score (nSPS) is 11.6. The minimum atomic E-state index is -1.05. The third-order valence-corrected chi connectivity index (χ3v) is 3.51. The van der Waals surface area contributed by atoms with E-state index >= 15 is 0 Å². The van der Waals surface area contributed by atoms with Gasteiger partial charge in [0.1, 0.15) is 11.6 Å². The molecule has 0 spiro atoms. The van der Waals surface area contributed by atoms with Crippen molar-refractivity contribution in [2.24, 2.45) is 5.92 Å². The number of amides is 1. The van der Waals surface area contributed by atoms with E-state index in [1.165, 1.54) is 18.0 Å². The molecule has 0 N–H and O–H groups in total. The zero-order chi connectivity index (χ0) is 17.1. The summed E-state index contributed by atoms with van der Waals surface area (Å²) < 4.78 is 52.5. The number of benzene rings is 2. The molecule has 24 heavy (non-hydrogen) atoms.